The Hall–Kier alpha value is -1.28. The third-order valence-corrected chi connectivity index (χ3v) is 4.34. The lowest BCUT2D eigenvalue weighted by atomic mass is 9.75. The monoisotopic (exact) mass is 272 g/mol. The Kier molecular flexibility index (Phi) is 3.37. The number of aliphatic hydroxyl groups is 1. The van der Waals surface area contributed by atoms with Crippen LogP contribution in [0.1, 0.15) is 44.2 Å². The van der Waals surface area contributed by atoms with Crippen molar-refractivity contribution in [3.63, 3.8) is 0 Å². The molecule has 2 atom stereocenters. The molecular formula is C18H24O2. The molecule has 0 fully saturated rings. The summed E-state index contributed by atoms with van der Waals surface area (Å²) in [6.45, 7) is 6.59. The standard InChI is InChI=1S/C18H24O2/c1-12-4-5-17-14(6-12)9-16(20-17)8-13-7-15(19)11-18(2,3)10-13/h4-7,15-16,19H,8-11H2,1-3H3. The predicted octanol–water partition coefficient (Wildman–Crippen LogP) is 3.80. The molecule has 20 heavy (non-hydrogen) atoms. The smallest absolute Gasteiger partial charge is 0.123 e. The number of aliphatic hydroxyl groups excluding tert-OH is 1. The molecule has 1 aromatic carbocycles. The van der Waals surface area contributed by atoms with Crippen molar-refractivity contribution in [2.45, 2.75) is 58.7 Å². The Balaban J connectivity index is 1.69. The van der Waals surface area contributed by atoms with Crippen LogP contribution in [0.25, 0.3) is 0 Å². The SMILES string of the molecule is Cc1ccc2c(c1)CC(CC1=CC(O)CC(C)(C)C1)O2. The van der Waals surface area contributed by atoms with E-state index in [1.165, 1.54) is 16.7 Å². The number of ether oxygens (including phenoxy) is 1. The Labute approximate surface area is 121 Å². The van der Waals surface area contributed by atoms with E-state index in [0.29, 0.717) is 0 Å². The quantitative estimate of drug-likeness (QED) is 0.830. The topological polar surface area (TPSA) is 29.5 Å². The van der Waals surface area contributed by atoms with Gasteiger partial charge < -0.3 is 9.84 Å². The minimum atomic E-state index is -0.292. The summed E-state index contributed by atoms with van der Waals surface area (Å²) in [5.74, 6) is 1.04. The van der Waals surface area contributed by atoms with Crippen LogP contribution in [0.5, 0.6) is 5.75 Å². The van der Waals surface area contributed by atoms with Gasteiger partial charge in [0.1, 0.15) is 11.9 Å². The highest BCUT2D eigenvalue weighted by molar-refractivity contribution is 5.40. The third kappa shape index (κ3) is 2.90. The number of hydrogen-bond donors (Lipinski definition) is 1. The van der Waals surface area contributed by atoms with Gasteiger partial charge in [-0.3, -0.25) is 0 Å². The lowest BCUT2D eigenvalue weighted by Gasteiger charge is -2.33. The molecule has 1 heterocycles. The highest BCUT2D eigenvalue weighted by atomic mass is 16.5. The lowest BCUT2D eigenvalue weighted by Crippen LogP contribution is -2.27. The summed E-state index contributed by atoms with van der Waals surface area (Å²) < 4.78 is 6.05. The maximum absolute atomic E-state index is 9.98. The molecule has 2 unspecified atom stereocenters. The molecule has 1 aliphatic heterocycles. The van der Waals surface area contributed by atoms with Crippen LogP contribution < -0.4 is 4.74 Å². The van der Waals surface area contributed by atoms with E-state index in [0.717, 1.165) is 31.4 Å². The van der Waals surface area contributed by atoms with Crippen molar-refractivity contribution in [3.8, 4) is 5.75 Å². The maximum Gasteiger partial charge on any atom is 0.123 e. The van der Waals surface area contributed by atoms with E-state index in [1.54, 1.807) is 0 Å². The Morgan fingerprint density at radius 2 is 2.15 bits per heavy atom. The molecule has 3 rings (SSSR count). The van der Waals surface area contributed by atoms with Gasteiger partial charge in [-0.1, -0.05) is 43.2 Å². The molecule has 108 valence electrons. The average Bonchev–Trinajstić information content (AvgIpc) is 2.67. The second-order valence-corrected chi connectivity index (χ2v) is 7.20. The summed E-state index contributed by atoms with van der Waals surface area (Å²) in [4.78, 5) is 0. The number of aryl methyl sites for hydroxylation is 1. The van der Waals surface area contributed by atoms with Crippen molar-refractivity contribution in [2.75, 3.05) is 0 Å². The van der Waals surface area contributed by atoms with Crippen LogP contribution in [0, 0.1) is 12.3 Å². The van der Waals surface area contributed by atoms with Crippen molar-refractivity contribution in [3.05, 3.63) is 41.0 Å². The zero-order valence-corrected chi connectivity index (χ0v) is 12.6. The summed E-state index contributed by atoms with van der Waals surface area (Å²) in [7, 11) is 0. The molecule has 0 radical (unpaired) electrons. The van der Waals surface area contributed by atoms with Crippen LogP contribution in [0.2, 0.25) is 0 Å². The fraction of sp³-hybridized carbons (Fsp3) is 0.556. The average molecular weight is 272 g/mol. The van der Waals surface area contributed by atoms with Crippen molar-refractivity contribution < 1.29 is 9.84 Å². The molecule has 2 heteroatoms. The molecule has 2 nitrogen and oxygen atoms in total. The summed E-state index contributed by atoms with van der Waals surface area (Å²) >= 11 is 0. The van der Waals surface area contributed by atoms with Gasteiger partial charge in [0.05, 0.1) is 6.10 Å². The van der Waals surface area contributed by atoms with E-state index in [9.17, 15) is 5.11 Å². The summed E-state index contributed by atoms with van der Waals surface area (Å²) in [6.07, 6.45) is 5.85. The molecule has 1 N–H and O–H groups in total. The van der Waals surface area contributed by atoms with Gasteiger partial charge in [0, 0.05) is 12.8 Å². The van der Waals surface area contributed by atoms with E-state index >= 15 is 0 Å². The Morgan fingerprint density at radius 1 is 1.35 bits per heavy atom. The fourth-order valence-corrected chi connectivity index (χ4v) is 3.64. The summed E-state index contributed by atoms with van der Waals surface area (Å²) in [5.41, 5.74) is 4.17. The number of rotatable bonds is 2. The molecule has 0 spiro atoms. The van der Waals surface area contributed by atoms with Crippen molar-refractivity contribution in [1.82, 2.24) is 0 Å². The van der Waals surface area contributed by atoms with E-state index < -0.39 is 0 Å². The van der Waals surface area contributed by atoms with Crippen LogP contribution in [-0.2, 0) is 6.42 Å². The molecular weight excluding hydrogens is 248 g/mol. The van der Waals surface area contributed by atoms with Gasteiger partial charge >= 0.3 is 0 Å². The van der Waals surface area contributed by atoms with Gasteiger partial charge in [-0.15, -0.1) is 0 Å². The van der Waals surface area contributed by atoms with Gasteiger partial charge in [0.15, 0.2) is 0 Å². The summed E-state index contributed by atoms with van der Waals surface area (Å²) in [6, 6.07) is 6.41. The number of benzene rings is 1. The molecule has 1 aliphatic carbocycles. The maximum atomic E-state index is 9.98. The molecule has 0 bridgehead atoms. The van der Waals surface area contributed by atoms with Crippen LogP contribution >= 0.6 is 0 Å². The zero-order valence-electron chi connectivity index (χ0n) is 12.6. The Bertz CT molecular complexity index is 542. The number of fused-ring (bicyclic) bond motifs is 1. The van der Waals surface area contributed by atoms with E-state index in [4.69, 9.17) is 4.74 Å². The van der Waals surface area contributed by atoms with Crippen LogP contribution in [-0.4, -0.2) is 17.3 Å². The highest BCUT2D eigenvalue weighted by Gasteiger charge is 2.30. The third-order valence-electron chi connectivity index (χ3n) is 4.34. The first-order chi connectivity index (χ1) is 9.41. The van der Waals surface area contributed by atoms with Gasteiger partial charge in [-0.2, -0.15) is 0 Å². The predicted molar refractivity (Wildman–Crippen MR) is 81.0 cm³/mol. The molecule has 0 saturated heterocycles. The normalized spacial score (nSPS) is 27.7. The second-order valence-electron chi connectivity index (χ2n) is 7.20. The first kappa shape index (κ1) is 13.7. The van der Waals surface area contributed by atoms with Crippen LogP contribution in [0.4, 0.5) is 0 Å². The minimum Gasteiger partial charge on any atom is -0.489 e. The van der Waals surface area contributed by atoms with Gasteiger partial charge in [-0.25, -0.2) is 0 Å². The van der Waals surface area contributed by atoms with E-state index in [1.807, 2.05) is 6.08 Å². The van der Waals surface area contributed by atoms with Crippen molar-refractivity contribution in [2.24, 2.45) is 5.41 Å². The molecule has 0 saturated carbocycles. The van der Waals surface area contributed by atoms with Gasteiger partial charge in [0.25, 0.3) is 0 Å². The van der Waals surface area contributed by atoms with E-state index in [2.05, 4.69) is 39.0 Å². The zero-order chi connectivity index (χ0) is 14.3. The molecule has 2 aliphatic rings. The largest absolute Gasteiger partial charge is 0.489 e. The van der Waals surface area contributed by atoms with Crippen molar-refractivity contribution >= 4 is 0 Å². The molecule has 0 amide bonds. The fourth-order valence-electron chi connectivity index (χ4n) is 3.64. The first-order valence-corrected chi connectivity index (χ1v) is 7.55. The summed E-state index contributed by atoms with van der Waals surface area (Å²) in [5, 5.41) is 9.98. The van der Waals surface area contributed by atoms with Gasteiger partial charge in [-0.05, 0) is 36.8 Å². The minimum absolute atomic E-state index is 0.200. The van der Waals surface area contributed by atoms with Crippen molar-refractivity contribution in [1.29, 1.82) is 0 Å². The highest BCUT2D eigenvalue weighted by Crippen LogP contribution is 2.39. The van der Waals surface area contributed by atoms with Crippen LogP contribution in [0.3, 0.4) is 0 Å². The first-order valence-electron chi connectivity index (χ1n) is 7.55. The van der Waals surface area contributed by atoms with E-state index in [-0.39, 0.29) is 17.6 Å². The second kappa shape index (κ2) is 4.92. The molecule has 1 aromatic rings. The molecule has 0 aromatic heterocycles. The van der Waals surface area contributed by atoms with Gasteiger partial charge in [0.2, 0.25) is 0 Å². The number of hydrogen-bond acceptors (Lipinski definition) is 2. The van der Waals surface area contributed by atoms with Crippen LogP contribution in [0.15, 0.2) is 29.8 Å². The lowest BCUT2D eigenvalue weighted by molar-refractivity contribution is 0.133. The Morgan fingerprint density at radius 3 is 2.90 bits per heavy atom.